The van der Waals surface area contributed by atoms with Gasteiger partial charge in [-0.15, -0.1) is 12.3 Å². The largest absolute Gasteiger partial charge is 0.500 e. The number of terminal acetylenes is 1. The smallest absolute Gasteiger partial charge is 0.171 e. The summed E-state index contributed by atoms with van der Waals surface area (Å²) in [5.74, 6) is 1.39. The highest BCUT2D eigenvalue weighted by molar-refractivity contribution is 6.25. The third-order valence-electron chi connectivity index (χ3n) is 4.64. The number of ether oxygens (including phenoxy) is 2. The van der Waals surface area contributed by atoms with Gasteiger partial charge in [-0.3, -0.25) is 4.79 Å². The average molecular weight is 368 g/mol. The first-order valence-electron chi connectivity index (χ1n) is 8.38. The average Bonchev–Trinajstić information content (AvgIpc) is 2.97. The number of benzene rings is 2. The summed E-state index contributed by atoms with van der Waals surface area (Å²) in [4.78, 5) is 12.8. The number of halogens is 2. The number of hydrogen-bond donors (Lipinski definition) is 0. The van der Waals surface area contributed by atoms with Gasteiger partial charge < -0.3 is 9.47 Å². The molecule has 0 aromatic heterocycles. The first-order valence-corrected chi connectivity index (χ1v) is 8.38. The molecule has 0 heterocycles. The Morgan fingerprint density at radius 2 is 1.81 bits per heavy atom. The number of rotatable bonds is 5. The standard InChI is InChI=1S/C22H18F2O3/c1-4-5-14-11-19(27-3)21(22(14)25)20-17(24)10-15(12-18(20)26-2)13-6-8-16(23)9-7-13/h1,6-10,12,14H,5,11H2,2-3H3. The fourth-order valence-corrected chi connectivity index (χ4v) is 3.31. The second-order valence-electron chi connectivity index (χ2n) is 6.22. The van der Waals surface area contributed by atoms with Gasteiger partial charge >= 0.3 is 0 Å². The molecule has 27 heavy (non-hydrogen) atoms. The van der Waals surface area contributed by atoms with Crippen LogP contribution in [0.2, 0.25) is 0 Å². The van der Waals surface area contributed by atoms with E-state index >= 15 is 4.39 Å². The van der Waals surface area contributed by atoms with Crippen LogP contribution in [-0.4, -0.2) is 20.0 Å². The minimum atomic E-state index is -0.618. The Balaban J connectivity index is 2.12. The molecule has 0 saturated carbocycles. The number of carbonyl (C=O) groups excluding carboxylic acids is 1. The van der Waals surface area contributed by atoms with E-state index in [1.54, 1.807) is 18.2 Å². The summed E-state index contributed by atoms with van der Waals surface area (Å²) < 4.78 is 38.9. The van der Waals surface area contributed by atoms with Gasteiger partial charge in [-0.2, -0.15) is 0 Å². The lowest BCUT2D eigenvalue weighted by atomic mass is 9.94. The molecule has 0 fully saturated rings. The Labute approximate surface area is 156 Å². The van der Waals surface area contributed by atoms with E-state index in [4.69, 9.17) is 15.9 Å². The minimum absolute atomic E-state index is 0.0599. The lowest BCUT2D eigenvalue weighted by Crippen LogP contribution is -2.10. The van der Waals surface area contributed by atoms with E-state index < -0.39 is 11.7 Å². The zero-order chi connectivity index (χ0) is 19.6. The maximum absolute atomic E-state index is 15.1. The molecule has 138 valence electrons. The molecule has 3 nitrogen and oxygen atoms in total. The Bertz CT molecular complexity index is 953. The number of methoxy groups -OCH3 is 2. The summed E-state index contributed by atoms with van der Waals surface area (Å²) in [6, 6.07) is 8.61. The molecule has 0 radical (unpaired) electrons. The molecule has 0 saturated heterocycles. The van der Waals surface area contributed by atoms with Gasteiger partial charge in [-0.25, -0.2) is 8.78 Å². The summed E-state index contributed by atoms with van der Waals surface area (Å²) >= 11 is 0. The van der Waals surface area contributed by atoms with E-state index in [-0.39, 0.29) is 34.9 Å². The third kappa shape index (κ3) is 3.43. The van der Waals surface area contributed by atoms with Gasteiger partial charge in [0.1, 0.15) is 23.1 Å². The van der Waals surface area contributed by atoms with Crippen molar-refractivity contribution in [2.45, 2.75) is 12.8 Å². The van der Waals surface area contributed by atoms with E-state index in [0.29, 0.717) is 23.3 Å². The summed E-state index contributed by atoms with van der Waals surface area (Å²) in [6.45, 7) is 0. The number of carbonyl (C=O) groups is 1. The van der Waals surface area contributed by atoms with Crippen molar-refractivity contribution >= 4 is 11.4 Å². The molecule has 0 amide bonds. The molecule has 1 unspecified atom stereocenters. The van der Waals surface area contributed by atoms with Crippen molar-refractivity contribution in [1.29, 1.82) is 0 Å². The molecule has 3 rings (SSSR count). The summed E-state index contributed by atoms with van der Waals surface area (Å²) in [7, 11) is 2.84. The Morgan fingerprint density at radius 3 is 2.41 bits per heavy atom. The van der Waals surface area contributed by atoms with Crippen molar-refractivity contribution in [2.24, 2.45) is 5.92 Å². The molecule has 0 aliphatic heterocycles. The summed E-state index contributed by atoms with van der Waals surface area (Å²) in [5, 5.41) is 0. The zero-order valence-corrected chi connectivity index (χ0v) is 15.0. The normalized spacial score (nSPS) is 16.4. The Morgan fingerprint density at radius 1 is 1.11 bits per heavy atom. The van der Waals surface area contributed by atoms with E-state index in [1.807, 2.05) is 0 Å². The molecule has 5 heteroatoms. The third-order valence-corrected chi connectivity index (χ3v) is 4.64. The van der Waals surface area contributed by atoms with Crippen LogP contribution in [-0.2, 0) is 9.53 Å². The second-order valence-corrected chi connectivity index (χ2v) is 6.22. The van der Waals surface area contributed by atoms with Crippen molar-refractivity contribution in [3.05, 3.63) is 59.4 Å². The van der Waals surface area contributed by atoms with Crippen LogP contribution in [0.5, 0.6) is 5.75 Å². The molecule has 0 N–H and O–H groups in total. The lowest BCUT2D eigenvalue weighted by molar-refractivity contribution is -0.116. The lowest BCUT2D eigenvalue weighted by Gasteiger charge is -2.14. The predicted molar refractivity (Wildman–Crippen MR) is 98.8 cm³/mol. The van der Waals surface area contributed by atoms with Crippen LogP contribution in [0.3, 0.4) is 0 Å². The minimum Gasteiger partial charge on any atom is -0.500 e. The van der Waals surface area contributed by atoms with Gasteiger partial charge in [-0.1, -0.05) is 12.1 Å². The Hall–Kier alpha value is -3.13. The maximum Gasteiger partial charge on any atom is 0.171 e. The summed E-state index contributed by atoms with van der Waals surface area (Å²) in [5.41, 5.74) is 1.37. The van der Waals surface area contributed by atoms with Crippen molar-refractivity contribution in [1.82, 2.24) is 0 Å². The highest BCUT2D eigenvalue weighted by Gasteiger charge is 2.37. The van der Waals surface area contributed by atoms with Gasteiger partial charge in [0.05, 0.1) is 25.4 Å². The summed E-state index contributed by atoms with van der Waals surface area (Å²) in [6.07, 6.45) is 5.92. The highest BCUT2D eigenvalue weighted by atomic mass is 19.1. The first kappa shape index (κ1) is 18.7. The maximum atomic E-state index is 15.1. The van der Waals surface area contributed by atoms with Crippen LogP contribution in [0, 0.1) is 29.9 Å². The molecule has 0 spiro atoms. The van der Waals surface area contributed by atoms with E-state index in [9.17, 15) is 9.18 Å². The van der Waals surface area contributed by atoms with E-state index in [1.165, 1.54) is 32.4 Å². The van der Waals surface area contributed by atoms with Crippen LogP contribution in [0.15, 0.2) is 42.2 Å². The number of Topliss-reactive ketones (excluding diaryl/α,β-unsaturated/α-hetero) is 1. The van der Waals surface area contributed by atoms with Crippen molar-refractivity contribution in [3.8, 4) is 29.2 Å². The van der Waals surface area contributed by atoms with Crippen molar-refractivity contribution < 1.29 is 23.0 Å². The topological polar surface area (TPSA) is 35.5 Å². The first-order chi connectivity index (χ1) is 13.0. The van der Waals surface area contributed by atoms with Crippen LogP contribution < -0.4 is 4.74 Å². The van der Waals surface area contributed by atoms with Gasteiger partial charge in [0.25, 0.3) is 0 Å². The van der Waals surface area contributed by atoms with Gasteiger partial charge in [0, 0.05) is 18.8 Å². The van der Waals surface area contributed by atoms with Crippen LogP contribution >= 0.6 is 0 Å². The van der Waals surface area contributed by atoms with E-state index in [0.717, 1.165) is 0 Å². The van der Waals surface area contributed by atoms with Crippen LogP contribution in [0.1, 0.15) is 18.4 Å². The zero-order valence-electron chi connectivity index (χ0n) is 15.0. The molecule has 0 bridgehead atoms. The molecule has 1 aliphatic carbocycles. The molecule has 1 aliphatic rings. The van der Waals surface area contributed by atoms with Gasteiger partial charge in [-0.05, 0) is 35.4 Å². The highest BCUT2D eigenvalue weighted by Crippen LogP contribution is 2.42. The molecular formula is C22H18F2O3. The van der Waals surface area contributed by atoms with Crippen molar-refractivity contribution in [3.63, 3.8) is 0 Å². The van der Waals surface area contributed by atoms with Crippen LogP contribution in [0.25, 0.3) is 16.7 Å². The van der Waals surface area contributed by atoms with Gasteiger partial charge in [0.15, 0.2) is 5.78 Å². The molecule has 1 atom stereocenters. The molecule has 2 aromatic rings. The van der Waals surface area contributed by atoms with Crippen molar-refractivity contribution in [2.75, 3.05) is 14.2 Å². The SMILES string of the molecule is C#CCC1CC(OC)=C(c2c(F)cc(-c3ccc(F)cc3)cc2OC)C1=O. The monoisotopic (exact) mass is 368 g/mol. The van der Waals surface area contributed by atoms with Crippen LogP contribution in [0.4, 0.5) is 8.78 Å². The fraction of sp³-hybridized carbons (Fsp3) is 0.227. The molecular weight excluding hydrogens is 350 g/mol. The second kappa shape index (κ2) is 7.63. The van der Waals surface area contributed by atoms with E-state index in [2.05, 4.69) is 5.92 Å². The number of allylic oxidation sites excluding steroid dienone is 2. The fourth-order valence-electron chi connectivity index (χ4n) is 3.31. The number of hydrogen-bond acceptors (Lipinski definition) is 3. The van der Waals surface area contributed by atoms with Gasteiger partial charge in [0.2, 0.25) is 0 Å². The molecule has 2 aromatic carbocycles. The number of ketones is 1. The Kier molecular flexibility index (Phi) is 5.27. The quantitative estimate of drug-likeness (QED) is 0.723. The predicted octanol–water partition coefficient (Wildman–Crippen LogP) is 4.61.